The van der Waals surface area contributed by atoms with Gasteiger partial charge in [-0.3, -0.25) is 14.5 Å². The fourth-order valence-electron chi connectivity index (χ4n) is 3.13. The van der Waals surface area contributed by atoms with Crippen molar-refractivity contribution >= 4 is 45.0 Å². The van der Waals surface area contributed by atoms with E-state index < -0.39 is 11.6 Å². The van der Waals surface area contributed by atoms with Crippen molar-refractivity contribution in [3.63, 3.8) is 0 Å². The maximum Gasteiger partial charge on any atom is 0.325 e. The van der Waals surface area contributed by atoms with E-state index in [1.165, 1.54) is 11.3 Å². The van der Waals surface area contributed by atoms with E-state index in [0.717, 1.165) is 33.5 Å². The summed E-state index contributed by atoms with van der Waals surface area (Å²) in [4.78, 5) is 38.7. The second-order valence-electron chi connectivity index (χ2n) is 5.95. The van der Waals surface area contributed by atoms with Crippen LogP contribution in [-0.4, -0.2) is 34.7 Å². The van der Waals surface area contributed by atoms with Crippen molar-refractivity contribution in [2.45, 2.75) is 44.6 Å². The summed E-state index contributed by atoms with van der Waals surface area (Å²) in [6.45, 7) is 1.72. The Kier molecular flexibility index (Phi) is 4.11. The zero-order valence-electron chi connectivity index (χ0n) is 12.3. The number of imide groups is 1. The highest BCUT2D eigenvalue weighted by Gasteiger charge is 2.51. The number of hydrogen-bond donors (Lipinski definition) is 1. The van der Waals surface area contributed by atoms with Gasteiger partial charge in [-0.1, -0.05) is 19.3 Å². The van der Waals surface area contributed by atoms with Crippen LogP contribution in [0.4, 0.5) is 4.79 Å². The molecule has 0 unspecified atom stereocenters. The third-order valence-electron chi connectivity index (χ3n) is 4.39. The molecule has 2 aliphatic rings. The third-order valence-corrected chi connectivity index (χ3v) is 6.56. The van der Waals surface area contributed by atoms with Gasteiger partial charge in [0.1, 0.15) is 5.54 Å². The Labute approximate surface area is 141 Å². The number of aryl methyl sites for hydroxylation is 1. The van der Waals surface area contributed by atoms with E-state index in [4.69, 9.17) is 0 Å². The van der Waals surface area contributed by atoms with Gasteiger partial charge in [-0.25, -0.2) is 4.79 Å². The molecule has 0 radical (unpaired) electrons. The number of carbonyl (C=O) groups is 3. The largest absolute Gasteiger partial charge is 0.325 e. The molecule has 1 aliphatic carbocycles. The monoisotopic (exact) mass is 384 g/mol. The first-order valence-corrected chi connectivity index (χ1v) is 8.97. The Morgan fingerprint density at radius 1 is 1.36 bits per heavy atom. The lowest BCUT2D eigenvalue weighted by Crippen LogP contribution is -2.48. The van der Waals surface area contributed by atoms with Crippen LogP contribution >= 0.6 is 27.3 Å². The number of nitrogens with zero attached hydrogens (tertiary/aromatic N) is 1. The predicted molar refractivity (Wildman–Crippen MR) is 87.1 cm³/mol. The van der Waals surface area contributed by atoms with Crippen LogP contribution in [-0.2, 0) is 4.79 Å². The van der Waals surface area contributed by atoms with E-state index in [-0.39, 0.29) is 18.2 Å². The Hall–Kier alpha value is -1.21. The second kappa shape index (κ2) is 5.77. The molecular weight excluding hydrogens is 368 g/mol. The minimum absolute atomic E-state index is 0.182. The lowest BCUT2D eigenvalue weighted by molar-refractivity contribution is -0.132. The topological polar surface area (TPSA) is 66.5 Å². The van der Waals surface area contributed by atoms with Crippen LogP contribution in [0.25, 0.3) is 0 Å². The van der Waals surface area contributed by atoms with Gasteiger partial charge < -0.3 is 5.32 Å². The lowest BCUT2D eigenvalue weighted by atomic mass is 9.82. The number of ketones is 1. The first-order valence-electron chi connectivity index (χ1n) is 7.36. The molecule has 1 saturated heterocycles. The summed E-state index contributed by atoms with van der Waals surface area (Å²) in [7, 11) is 0. The fourth-order valence-corrected chi connectivity index (χ4v) is 4.60. The van der Waals surface area contributed by atoms with Gasteiger partial charge in [-0.15, -0.1) is 11.3 Å². The number of carbonyl (C=O) groups excluding carboxylic acids is 3. The number of thiophene rings is 1. The standard InChI is InChI=1S/C15H17BrN2O3S/c1-9-7-11(22-12(9)16)10(19)8-18-13(20)15(17-14(18)21)5-3-2-4-6-15/h7H,2-6,8H2,1H3,(H,17,21). The van der Waals surface area contributed by atoms with E-state index in [2.05, 4.69) is 21.2 Å². The first-order chi connectivity index (χ1) is 10.4. The first kappa shape index (κ1) is 15.7. The van der Waals surface area contributed by atoms with Gasteiger partial charge in [0.25, 0.3) is 5.91 Å². The Morgan fingerprint density at radius 2 is 2.05 bits per heavy atom. The highest BCUT2D eigenvalue weighted by molar-refractivity contribution is 9.11. The van der Waals surface area contributed by atoms with Gasteiger partial charge in [0.15, 0.2) is 5.78 Å². The smallest absolute Gasteiger partial charge is 0.323 e. The van der Waals surface area contributed by atoms with Gasteiger partial charge >= 0.3 is 6.03 Å². The van der Waals surface area contributed by atoms with Crippen molar-refractivity contribution < 1.29 is 14.4 Å². The number of hydrogen-bond acceptors (Lipinski definition) is 4. The zero-order chi connectivity index (χ0) is 15.9. The highest BCUT2D eigenvalue weighted by Crippen LogP contribution is 2.34. The summed E-state index contributed by atoms with van der Waals surface area (Å²) in [6.07, 6.45) is 4.31. The number of urea groups is 1. The van der Waals surface area contributed by atoms with Crippen molar-refractivity contribution in [2.75, 3.05) is 6.54 Å². The molecular formula is C15H17BrN2O3S. The van der Waals surface area contributed by atoms with E-state index >= 15 is 0 Å². The second-order valence-corrected chi connectivity index (χ2v) is 8.32. The molecule has 3 amide bonds. The molecule has 3 rings (SSSR count). The molecule has 1 N–H and O–H groups in total. The molecule has 1 aromatic heterocycles. The van der Waals surface area contributed by atoms with Gasteiger partial charge in [-0.05, 0) is 47.3 Å². The molecule has 0 atom stereocenters. The number of nitrogens with one attached hydrogen (secondary N) is 1. The summed E-state index contributed by atoms with van der Waals surface area (Å²) < 4.78 is 0.900. The molecule has 2 fully saturated rings. The quantitative estimate of drug-likeness (QED) is 0.642. The molecule has 118 valence electrons. The molecule has 1 saturated carbocycles. The molecule has 0 aromatic carbocycles. The normalized spacial score (nSPS) is 20.5. The summed E-state index contributed by atoms with van der Waals surface area (Å²) >= 11 is 4.72. The number of Topliss-reactive ketones (excluding diaryl/α,β-unsaturated/α-hetero) is 1. The van der Waals surface area contributed by atoms with Crippen molar-refractivity contribution in [2.24, 2.45) is 0 Å². The number of amides is 3. The fraction of sp³-hybridized carbons (Fsp3) is 0.533. The molecule has 1 aliphatic heterocycles. The van der Waals surface area contributed by atoms with E-state index in [1.807, 2.05) is 6.92 Å². The zero-order valence-corrected chi connectivity index (χ0v) is 14.7. The van der Waals surface area contributed by atoms with Crippen molar-refractivity contribution in [3.8, 4) is 0 Å². The average molecular weight is 385 g/mol. The van der Waals surface area contributed by atoms with Crippen LogP contribution in [0.5, 0.6) is 0 Å². The van der Waals surface area contributed by atoms with Gasteiger partial charge in [0.2, 0.25) is 0 Å². The van der Waals surface area contributed by atoms with Crippen LogP contribution in [0.3, 0.4) is 0 Å². The van der Waals surface area contributed by atoms with Crippen LogP contribution in [0, 0.1) is 6.92 Å². The van der Waals surface area contributed by atoms with Crippen molar-refractivity contribution in [1.82, 2.24) is 10.2 Å². The van der Waals surface area contributed by atoms with E-state index in [1.54, 1.807) is 6.07 Å². The van der Waals surface area contributed by atoms with Gasteiger partial charge in [0, 0.05) is 0 Å². The lowest BCUT2D eigenvalue weighted by Gasteiger charge is -2.30. The third kappa shape index (κ3) is 2.60. The number of rotatable bonds is 3. The van der Waals surface area contributed by atoms with Crippen LogP contribution in [0.2, 0.25) is 0 Å². The molecule has 7 heteroatoms. The van der Waals surface area contributed by atoms with Crippen LogP contribution in [0.1, 0.15) is 47.3 Å². The van der Waals surface area contributed by atoms with Gasteiger partial charge in [-0.2, -0.15) is 0 Å². The average Bonchev–Trinajstić information content (AvgIpc) is 2.93. The van der Waals surface area contributed by atoms with Gasteiger partial charge in [0.05, 0.1) is 15.2 Å². The summed E-state index contributed by atoms with van der Waals surface area (Å²) in [6, 6.07) is 1.35. The minimum Gasteiger partial charge on any atom is -0.323 e. The summed E-state index contributed by atoms with van der Waals surface area (Å²) in [5.74, 6) is -0.437. The predicted octanol–water partition coefficient (Wildman–Crippen LogP) is 3.26. The molecule has 22 heavy (non-hydrogen) atoms. The molecule has 1 aromatic rings. The summed E-state index contributed by atoms with van der Waals surface area (Å²) in [5.41, 5.74) is 0.218. The van der Waals surface area contributed by atoms with Crippen molar-refractivity contribution in [3.05, 3.63) is 20.3 Å². The SMILES string of the molecule is Cc1cc(C(=O)CN2C(=O)NC3(CCCCC3)C2=O)sc1Br. The molecule has 0 bridgehead atoms. The van der Waals surface area contributed by atoms with E-state index in [0.29, 0.717) is 17.7 Å². The van der Waals surface area contributed by atoms with E-state index in [9.17, 15) is 14.4 Å². The molecule has 1 spiro atoms. The van der Waals surface area contributed by atoms with Crippen molar-refractivity contribution in [1.29, 1.82) is 0 Å². The van der Waals surface area contributed by atoms with Crippen LogP contribution in [0.15, 0.2) is 9.85 Å². The Bertz CT molecular complexity index is 630. The Balaban J connectivity index is 1.76. The number of halogens is 1. The minimum atomic E-state index is -0.762. The highest BCUT2D eigenvalue weighted by atomic mass is 79.9. The summed E-state index contributed by atoms with van der Waals surface area (Å²) in [5, 5.41) is 2.82. The Morgan fingerprint density at radius 3 is 2.64 bits per heavy atom. The molecule has 2 heterocycles. The molecule has 5 nitrogen and oxygen atoms in total. The maximum atomic E-state index is 12.6. The maximum absolute atomic E-state index is 12.6. The van der Waals surface area contributed by atoms with Crippen LogP contribution < -0.4 is 5.32 Å².